The van der Waals surface area contributed by atoms with Crippen LogP contribution in [-0.2, 0) is 63.4 Å². The number of hydrogen-bond donors (Lipinski definition) is 1. The molecule has 0 aromatic heterocycles. The summed E-state index contributed by atoms with van der Waals surface area (Å²) in [6.07, 6.45) is 2.71. The second-order valence-corrected chi connectivity index (χ2v) is 10.2. The van der Waals surface area contributed by atoms with Crippen molar-refractivity contribution in [2.75, 3.05) is 139 Å². The van der Waals surface area contributed by atoms with Crippen LogP contribution in [0.3, 0.4) is 0 Å². The maximum absolute atomic E-state index is 11.6. The largest absolute Gasteiger partial charge is 0.445 e. The molecular weight excluding hydrogens is 618 g/mol. The standard InChI is InChI=1S/C33H57NO13/c35-33(47-30-31-6-2-1-3-7-31)34-9-11-36-12-13-37-14-15-38-16-17-39-18-19-40-20-21-41-22-23-42-24-25-43-26-27-44-28-29-46-32-8-4-5-10-45-32/h1-3,6-7,32H,4-5,8-30H2,(H,34,35). The van der Waals surface area contributed by atoms with Gasteiger partial charge in [-0.15, -0.1) is 0 Å². The third-order valence-corrected chi connectivity index (χ3v) is 6.37. The van der Waals surface area contributed by atoms with Crippen molar-refractivity contribution >= 4 is 6.09 Å². The predicted octanol–water partition coefficient (Wildman–Crippen LogP) is 2.61. The molecule has 0 aliphatic carbocycles. The molecule has 1 aromatic rings. The van der Waals surface area contributed by atoms with Gasteiger partial charge in [-0.3, -0.25) is 0 Å². The molecular formula is C33H57NO13. The number of hydrogen-bond acceptors (Lipinski definition) is 13. The molecule has 1 saturated heterocycles. The van der Waals surface area contributed by atoms with E-state index in [4.69, 9.17) is 56.8 Å². The summed E-state index contributed by atoms with van der Waals surface area (Å²) in [7, 11) is 0. The number of nitrogens with one attached hydrogen (secondary N) is 1. The van der Waals surface area contributed by atoms with Crippen molar-refractivity contribution in [1.29, 1.82) is 0 Å². The van der Waals surface area contributed by atoms with Crippen LogP contribution in [0.2, 0.25) is 0 Å². The molecule has 1 aliphatic rings. The van der Waals surface area contributed by atoms with Crippen molar-refractivity contribution in [1.82, 2.24) is 5.32 Å². The number of rotatable bonds is 33. The average molecular weight is 676 g/mol. The van der Waals surface area contributed by atoms with Crippen molar-refractivity contribution in [2.24, 2.45) is 0 Å². The van der Waals surface area contributed by atoms with Crippen LogP contribution in [-0.4, -0.2) is 151 Å². The molecule has 1 aromatic carbocycles. The smallest absolute Gasteiger partial charge is 0.407 e. The molecule has 0 radical (unpaired) electrons. The predicted molar refractivity (Wildman–Crippen MR) is 172 cm³/mol. The molecule has 47 heavy (non-hydrogen) atoms. The maximum Gasteiger partial charge on any atom is 0.407 e. The van der Waals surface area contributed by atoms with Crippen LogP contribution in [0.25, 0.3) is 0 Å². The highest BCUT2D eigenvalue weighted by Gasteiger charge is 2.13. The number of ether oxygens (including phenoxy) is 12. The van der Waals surface area contributed by atoms with Gasteiger partial charge in [0.05, 0.1) is 126 Å². The molecule has 14 nitrogen and oxygen atoms in total. The van der Waals surface area contributed by atoms with Gasteiger partial charge in [0.2, 0.25) is 0 Å². The van der Waals surface area contributed by atoms with Crippen LogP contribution in [0.1, 0.15) is 24.8 Å². The fourth-order valence-electron chi connectivity index (χ4n) is 3.94. The summed E-state index contributed by atoms with van der Waals surface area (Å²) in [5.74, 6) is 0. The van der Waals surface area contributed by atoms with Gasteiger partial charge in [-0.05, 0) is 24.8 Å². The number of alkyl carbamates (subject to hydrolysis) is 1. The quantitative estimate of drug-likeness (QED) is 0.109. The first-order valence-corrected chi connectivity index (χ1v) is 16.7. The summed E-state index contributed by atoms with van der Waals surface area (Å²) >= 11 is 0. The lowest BCUT2D eigenvalue weighted by molar-refractivity contribution is -0.169. The Bertz CT molecular complexity index is 802. The zero-order valence-corrected chi connectivity index (χ0v) is 27.9. The van der Waals surface area contributed by atoms with Gasteiger partial charge in [-0.1, -0.05) is 30.3 Å². The zero-order valence-electron chi connectivity index (χ0n) is 27.9. The summed E-state index contributed by atoms with van der Waals surface area (Å²) in [5.41, 5.74) is 0.939. The van der Waals surface area contributed by atoms with E-state index in [0.717, 1.165) is 31.4 Å². The fourth-order valence-corrected chi connectivity index (χ4v) is 3.94. The van der Waals surface area contributed by atoms with Crippen LogP contribution in [0, 0.1) is 0 Å². The highest BCUT2D eigenvalue weighted by atomic mass is 16.7. The lowest BCUT2D eigenvalue weighted by Gasteiger charge is -2.22. The van der Waals surface area contributed by atoms with Crippen LogP contribution >= 0.6 is 0 Å². The molecule has 1 N–H and O–H groups in total. The molecule has 0 bridgehead atoms. The Labute approximate surface area is 279 Å². The second-order valence-electron chi connectivity index (χ2n) is 10.2. The maximum atomic E-state index is 11.6. The first-order chi connectivity index (χ1) is 23.3. The SMILES string of the molecule is O=C(NCCOCCOCCOCCOCCOCCOCCOCCOCCOCCOC1CCCCO1)OCc1ccccc1. The zero-order chi connectivity index (χ0) is 33.1. The Balaban J connectivity index is 1.14. The van der Waals surface area contributed by atoms with E-state index in [0.29, 0.717) is 132 Å². The lowest BCUT2D eigenvalue weighted by atomic mass is 10.2. The highest BCUT2D eigenvalue weighted by Crippen LogP contribution is 2.13. The molecule has 1 unspecified atom stereocenters. The molecule has 1 amide bonds. The van der Waals surface area contributed by atoms with Crippen LogP contribution in [0.4, 0.5) is 4.79 Å². The minimum Gasteiger partial charge on any atom is -0.445 e. The summed E-state index contributed by atoms with van der Waals surface area (Å²) in [6, 6.07) is 9.51. The summed E-state index contributed by atoms with van der Waals surface area (Å²) < 4.78 is 65.5. The first-order valence-electron chi connectivity index (χ1n) is 16.7. The topological polar surface area (TPSA) is 140 Å². The van der Waals surface area contributed by atoms with Gasteiger partial charge in [0.1, 0.15) is 6.61 Å². The average Bonchev–Trinajstić information content (AvgIpc) is 3.10. The van der Waals surface area contributed by atoms with E-state index in [1.165, 1.54) is 0 Å². The Hall–Kier alpha value is -1.95. The van der Waals surface area contributed by atoms with E-state index in [9.17, 15) is 4.79 Å². The summed E-state index contributed by atoms with van der Waals surface area (Å²) in [5, 5.41) is 2.64. The second kappa shape index (κ2) is 32.6. The van der Waals surface area contributed by atoms with Crippen molar-refractivity contribution in [2.45, 2.75) is 32.2 Å². The van der Waals surface area contributed by atoms with Gasteiger partial charge < -0.3 is 62.2 Å². The van der Waals surface area contributed by atoms with Gasteiger partial charge in [0.25, 0.3) is 0 Å². The third-order valence-electron chi connectivity index (χ3n) is 6.37. The van der Waals surface area contributed by atoms with Gasteiger partial charge >= 0.3 is 6.09 Å². The molecule has 14 heteroatoms. The van der Waals surface area contributed by atoms with Gasteiger partial charge in [-0.25, -0.2) is 4.79 Å². The van der Waals surface area contributed by atoms with E-state index >= 15 is 0 Å². The number of carbonyl (C=O) groups is 1. The molecule has 272 valence electrons. The Morgan fingerprint density at radius 1 is 0.574 bits per heavy atom. The molecule has 1 heterocycles. The third kappa shape index (κ3) is 27.7. The van der Waals surface area contributed by atoms with Crippen molar-refractivity contribution in [3.8, 4) is 0 Å². The van der Waals surface area contributed by atoms with Crippen molar-refractivity contribution in [3.63, 3.8) is 0 Å². The first kappa shape index (κ1) is 41.2. The molecule has 1 atom stereocenters. The van der Waals surface area contributed by atoms with Crippen molar-refractivity contribution in [3.05, 3.63) is 35.9 Å². The normalized spacial score (nSPS) is 14.8. The van der Waals surface area contributed by atoms with Crippen molar-refractivity contribution < 1.29 is 61.6 Å². The summed E-state index contributed by atoms with van der Waals surface area (Å²) in [4.78, 5) is 11.6. The Morgan fingerprint density at radius 2 is 1.00 bits per heavy atom. The summed E-state index contributed by atoms with van der Waals surface area (Å²) in [6.45, 7) is 10.8. The number of carbonyl (C=O) groups excluding carboxylic acids is 1. The van der Waals surface area contributed by atoms with Gasteiger partial charge in [-0.2, -0.15) is 0 Å². The fraction of sp³-hybridized carbons (Fsp3) is 0.788. The molecule has 0 spiro atoms. The number of amides is 1. The van der Waals surface area contributed by atoms with Gasteiger partial charge in [0, 0.05) is 13.2 Å². The van der Waals surface area contributed by atoms with Gasteiger partial charge in [0.15, 0.2) is 6.29 Å². The molecule has 1 fully saturated rings. The highest BCUT2D eigenvalue weighted by molar-refractivity contribution is 5.67. The van der Waals surface area contributed by atoms with E-state index in [1.54, 1.807) is 0 Å². The Kier molecular flexibility index (Phi) is 28.6. The Morgan fingerprint density at radius 3 is 1.43 bits per heavy atom. The molecule has 2 rings (SSSR count). The van der Waals surface area contributed by atoms with Crippen LogP contribution < -0.4 is 5.32 Å². The van der Waals surface area contributed by atoms with E-state index in [1.807, 2.05) is 30.3 Å². The minimum absolute atomic E-state index is 0.0696. The lowest BCUT2D eigenvalue weighted by Crippen LogP contribution is -2.28. The van der Waals surface area contributed by atoms with E-state index in [2.05, 4.69) is 5.32 Å². The number of benzene rings is 1. The van der Waals surface area contributed by atoms with Crippen LogP contribution in [0.15, 0.2) is 30.3 Å². The van der Waals surface area contributed by atoms with E-state index in [-0.39, 0.29) is 12.9 Å². The van der Waals surface area contributed by atoms with Crippen LogP contribution in [0.5, 0.6) is 0 Å². The molecule has 0 saturated carbocycles. The minimum atomic E-state index is -0.468. The monoisotopic (exact) mass is 675 g/mol. The van der Waals surface area contributed by atoms with E-state index < -0.39 is 6.09 Å². The molecule has 1 aliphatic heterocycles.